The summed E-state index contributed by atoms with van der Waals surface area (Å²) >= 11 is 0. The number of hydrogen-bond donors (Lipinski definition) is 1. The van der Waals surface area contributed by atoms with E-state index in [-0.39, 0.29) is 31.5 Å². The van der Waals surface area contributed by atoms with Crippen molar-refractivity contribution in [3.05, 3.63) is 60.2 Å². The van der Waals surface area contributed by atoms with Gasteiger partial charge in [0.05, 0.1) is 19.1 Å². The summed E-state index contributed by atoms with van der Waals surface area (Å²) in [6, 6.07) is 18.3. The summed E-state index contributed by atoms with van der Waals surface area (Å²) in [6.07, 6.45) is 1.13. The van der Waals surface area contributed by atoms with Gasteiger partial charge in [0.1, 0.15) is 5.60 Å². The van der Waals surface area contributed by atoms with Crippen LogP contribution in [0.15, 0.2) is 54.6 Å². The normalized spacial score (nSPS) is 13.3. The lowest BCUT2D eigenvalue weighted by molar-refractivity contribution is -0.157. The van der Waals surface area contributed by atoms with Gasteiger partial charge in [-0.2, -0.15) is 0 Å². The van der Waals surface area contributed by atoms with Crippen LogP contribution in [0.5, 0.6) is 0 Å². The first kappa shape index (κ1) is 24.6. The van der Waals surface area contributed by atoms with E-state index in [1.165, 1.54) is 0 Å². The first-order valence-corrected chi connectivity index (χ1v) is 10.9. The van der Waals surface area contributed by atoms with Crippen molar-refractivity contribution >= 4 is 11.9 Å². The molecule has 0 aliphatic carbocycles. The predicted molar refractivity (Wildman–Crippen MR) is 121 cm³/mol. The molecule has 0 saturated heterocycles. The number of aliphatic hydroxyl groups excluding tert-OH is 1. The Labute approximate surface area is 185 Å². The summed E-state index contributed by atoms with van der Waals surface area (Å²) in [5, 5.41) is 9.70. The second kappa shape index (κ2) is 11.7. The second-order valence-corrected chi connectivity index (χ2v) is 8.79. The van der Waals surface area contributed by atoms with E-state index in [1.807, 2.05) is 51.1 Å². The van der Waals surface area contributed by atoms with E-state index >= 15 is 0 Å². The van der Waals surface area contributed by atoms with Crippen molar-refractivity contribution in [1.82, 2.24) is 0 Å². The predicted octanol–water partition coefficient (Wildman–Crippen LogP) is 4.81. The van der Waals surface area contributed by atoms with E-state index in [4.69, 9.17) is 9.47 Å². The molecule has 0 aliphatic heterocycles. The molecule has 0 saturated carbocycles. The minimum atomic E-state index is -0.657. The minimum Gasteiger partial charge on any atom is -0.466 e. The molecule has 5 nitrogen and oxygen atoms in total. The van der Waals surface area contributed by atoms with Crippen molar-refractivity contribution in [3.63, 3.8) is 0 Å². The van der Waals surface area contributed by atoms with Gasteiger partial charge < -0.3 is 14.6 Å². The topological polar surface area (TPSA) is 72.8 Å². The fourth-order valence-electron chi connectivity index (χ4n) is 3.56. The monoisotopic (exact) mass is 426 g/mol. The van der Waals surface area contributed by atoms with Gasteiger partial charge in [0.25, 0.3) is 0 Å². The average Bonchev–Trinajstić information content (AvgIpc) is 2.71. The van der Waals surface area contributed by atoms with Crippen LogP contribution in [-0.4, -0.2) is 35.9 Å². The molecule has 1 N–H and O–H groups in total. The minimum absolute atomic E-state index is 0.154. The Hall–Kier alpha value is -2.66. The summed E-state index contributed by atoms with van der Waals surface area (Å²) in [7, 11) is 0. The lowest BCUT2D eigenvalue weighted by Crippen LogP contribution is -2.29. The van der Waals surface area contributed by atoms with Crippen molar-refractivity contribution in [2.45, 2.75) is 52.6 Å². The summed E-state index contributed by atoms with van der Waals surface area (Å²) in [6.45, 7) is 7.18. The Morgan fingerprint density at radius 1 is 0.968 bits per heavy atom. The summed E-state index contributed by atoms with van der Waals surface area (Å²) in [5.41, 5.74) is 2.75. The summed E-state index contributed by atoms with van der Waals surface area (Å²) < 4.78 is 10.6. The zero-order valence-electron chi connectivity index (χ0n) is 19.0. The van der Waals surface area contributed by atoms with Crippen LogP contribution < -0.4 is 0 Å². The third-order valence-corrected chi connectivity index (χ3v) is 4.92. The molecule has 0 heterocycles. The van der Waals surface area contributed by atoms with E-state index in [0.29, 0.717) is 12.8 Å². The van der Waals surface area contributed by atoms with Crippen molar-refractivity contribution in [3.8, 4) is 11.1 Å². The van der Waals surface area contributed by atoms with E-state index in [0.717, 1.165) is 16.7 Å². The number of benzene rings is 2. The average molecular weight is 427 g/mol. The molecule has 31 heavy (non-hydrogen) atoms. The van der Waals surface area contributed by atoms with Gasteiger partial charge in [0.2, 0.25) is 0 Å². The van der Waals surface area contributed by atoms with Gasteiger partial charge in [0.15, 0.2) is 0 Å². The summed E-state index contributed by atoms with van der Waals surface area (Å²) in [5.74, 6) is -1.55. The zero-order valence-corrected chi connectivity index (χ0v) is 19.0. The molecule has 168 valence electrons. The Bertz CT molecular complexity index is 821. The smallest absolute Gasteiger partial charge is 0.311 e. The van der Waals surface area contributed by atoms with Gasteiger partial charge >= 0.3 is 11.9 Å². The standard InChI is InChI=1S/C26H34O5/c1-5-30-25(29)23(18-27)16-20(17-24(28)31-26(2,3)4)15-19-11-13-22(14-12-19)21-9-7-6-8-10-21/h6-14,20,23,27H,5,15-18H2,1-4H3/t20-,23+/m1/s1. The van der Waals surface area contributed by atoms with E-state index in [1.54, 1.807) is 6.92 Å². The molecular weight excluding hydrogens is 392 g/mol. The zero-order chi connectivity index (χ0) is 22.9. The number of carbonyl (C=O) groups excluding carboxylic acids is 2. The maximum atomic E-state index is 12.5. The molecule has 0 radical (unpaired) electrons. The fourth-order valence-corrected chi connectivity index (χ4v) is 3.56. The highest BCUT2D eigenvalue weighted by molar-refractivity contribution is 5.73. The quantitative estimate of drug-likeness (QED) is 0.552. The van der Waals surface area contributed by atoms with Crippen LogP contribution in [0, 0.1) is 11.8 Å². The van der Waals surface area contributed by atoms with Gasteiger partial charge in [0, 0.05) is 6.42 Å². The Kier molecular flexibility index (Phi) is 9.25. The lowest BCUT2D eigenvalue weighted by atomic mass is 9.87. The van der Waals surface area contributed by atoms with Crippen molar-refractivity contribution in [2.24, 2.45) is 11.8 Å². The van der Waals surface area contributed by atoms with Crippen LogP contribution in [-0.2, 0) is 25.5 Å². The van der Waals surface area contributed by atoms with Crippen LogP contribution in [0.3, 0.4) is 0 Å². The van der Waals surface area contributed by atoms with Crippen LogP contribution in [0.4, 0.5) is 0 Å². The van der Waals surface area contributed by atoms with Crippen molar-refractivity contribution in [2.75, 3.05) is 13.2 Å². The van der Waals surface area contributed by atoms with E-state index in [9.17, 15) is 14.7 Å². The number of aliphatic hydroxyl groups is 1. The van der Waals surface area contributed by atoms with Gasteiger partial charge in [-0.15, -0.1) is 0 Å². The van der Waals surface area contributed by atoms with Gasteiger partial charge in [-0.1, -0.05) is 54.6 Å². The van der Waals surface area contributed by atoms with E-state index in [2.05, 4.69) is 24.3 Å². The molecular formula is C26H34O5. The van der Waals surface area contributed by atoms with E-state index < -0.39 is 17.5 Å². The molecule has 0 fully saturated rings. The second-order valence-electron chi connectivity index (χ2n) is 8.79. The summed E-state index contributed by atoms with van der Waals surface area (Å²) in [4.78, 5) is 24.6. The van der Waals surface area contributed by atoms with Crippen LogP contribution in [0.2, 0.25) is 0 Å². The lowest BCUT2D eigenvalue weighted by Gasteiger charge is -2.24. The van der Waals surface area contributed by atoms with Crippen molar-refractivity contribution < 1.29 is 24.2 Å². The molecule has 5 heteroatoms. The molecule has 2 aromatic carbocycles. The first-order valence-electron chi connectivity index (χ1n) is 10.9. The first-order chi connectivity index (χ1) is 14.7. The van der Waals surface area contributed by atoms with Crippen LogP contribution >= 0.6 is 0 Å². The van der Waals surface area contributed by atoms with Crippen LogP contribution in [0.1, 0.15) is 46.1 Å². The molecule has 0 aromatic heterocycles. The third-order valence-electron chi connectivity index (χ3n) is 4.92. The highest BCUT2D eigenvalue weighted by atomic mass is 16.6. The molecule has 0 aliphatic rings. The fraction of sp³-hybridized carbons (Fsp3) is 0.462. The molecule has 0 unspecified atom stereocenters. The maximum absolute atomic E-state index is 12.5. The Balaban J connectivity index is 2.14. The van der Waals surface area contributed by atoms with Crippen LogP contribution in [0.25, 0.3) is 11.1 Å². The number of ether oxygens (including phenoxy) is 2. The molecule has 2 aromatic rings. The Morgan fingerprint density at radius 2 is 1.58 bits per heavy atom. The molecule has 2 rings (SSSR count). The highest BCUT2D eigenvalue weighted by Gasteiger charge is 2.27. The van der Waals surface area contributed by atoms with Crippen molar-refractivity contribution in [1.29, 1.82) is 0 Å². The highest BCUT2D eigenvalue weighted by Crippen LogP contribution is 2.26. The number of carbonyl (C=O) groups is 2. The number of esters is 2. The van der Waals surface area contributed by atoms with Gasteiger partial charge in [-0.25, -0.2) is 0 Å². The molecule has 0 amide bonds. The number of rotatable bonds is 10. The maximum Gasteiger partial charge on any atom is 0.311 e. The molecule has 0 bridgehead atoms. The van der Waals surface area contributed by atoms with Gasteiger partial charge in [-0.3, -0.25) is 9.59 Å². The largest absolute Gasteiger partial charge is 0.466 e. The van der Waals surface area contributed by atoms with Gasteiger partial charge in [-0.05, 0) is 63.1 Å². The number of hydrogen-bond acceptors (Lipinski definition) is 5. The third kappa shape index (κ3) is 8.54. The Morgan fingerprint density at radius 3 is 2.13 bits per heavy atom. The molecule has 2 atom stereocenters. The SMILES string of the molecule is CCOC(=O)[C@H](CO)C[C@H](CC(=O)OC(C)(C)C)Cc1ccc(-c2ccccc2)cc1. The molecule has 0 spiro atoms.